The Morgan fingerprint density at radius 1 is 0.738 bits per heavy atom. The van der Waals surface area contributed by atoms with Gasteiger partial charge in [0.15, 0.2) is 0 Å². The Bertz CT molecular complexity index is 2010. The lowest BCUT2D eigenvalue weighted by Gasteiger charge is -2.32. The Balaban J connectivity index is 1.13. The molecule has 3 amide bonds. The largest absolute Gasteiger partial charge is 0.492 e. The predicted octanol–water partition coefficient (Wildman–Crippen LogP) is 0.858. The van der Waals surface area contributed by atoms with E-state index in [0.29, 0.717) is 42.8 Å². The smallest absolute Gasteiger partial charge is 0.317 e. The Hall–Kier alpha value is -5.83. The Labute approximate surface area is 351 Å². The van der Waals surface area contributed by atoms with Crippen LogP contribution < -0.4 is 15.4 Å². The molecule has 1 unspecified atom stereocenters. The fraction of sp³-hybridized carbons (Fsp3) is 0.488. The normalized spacial score (nSPS) is 18.5. The van der Waals surface area contributed by atoms with Crippen molar-refractivity contribution in [1.29, 1.82) is 0 Å². The van der Waals surface area contributed by atoms with Crippen molar-refractivity contribution in [2.45, 2.75) is 25.3 Å². The van der Waals surface area contributed by atoms with Crippen molar-refractivity contribution >= 4 is 46.5 Å². The summed E-state index contributed by atoms with van der Waals surface area (Å²) in [6.45, 7) is 2.28. The minimum Gasteiger partial charge on any atom is -0.492 e. The van der Waals surface area contributed by atoms with Crippen LogP contribution in [-0.4, -0.2) is 197 Å². The molecule has 330 valence electrons. The number of aliphatic carboxylic acids is 3. The van der Waals surface area contributed by atoms with Crippen molar-refractivity contribution in [3.63, 3.8) is 0 Å². The molecule has 3 heterocycles. The molecule has 5 rings (SSSR count). The first kappa shape index (κ1) is 46.2. The molecule has 2 aliphatic heterocycles. The summed E-state index contributed by atoms with van der Waals surface area (Å²) in [6.07, 6.45) is 1.06. The molecule has 20 heteroatoms. The molecule has 2 aliphatic rings. The van der Waals surface area contributed by atoms with Crippen LogP contribution in [0.15, 0.2) is 54.7 Å². The third kappa shape index (κ3) is 14.4. The summed E-state index contributed by atoms with van der Waals surface area (Å²) in [7, 11) is 0. The summed E-state index contributed by atoms with van der Waals surface area (Å²) in [6, 6.07) is 13.5. The number of nitrogens with zero attached hydrogens (tertiary/aromatic N) is 6. The number of pyridine rings is 1. The number of hydrogen-bond acceptors (Lipinski definition) is 12. The van der Waals surface area contributed by atoms with E-state index in [4.69, 9.17) is 4.74 Å². The van der Waals surface area contributed by atoms with Crippen molar-refractivity contribution in [1.82, 2.24) is 40.1 Å². The molecule has 0 saturated carbocycles. The maximum Gasteiger partial charge on any atom is 0.317 e. The Morgan fingerprint density at radius 2 is 1.26 bits per heavy atom. The number of amides is 3. The molecule has 0 spiro atoms. The van der Waals surface area contributed by atoms with Crippen LogP contribution in [0, 0.1) is 0 Å². The van der Waals surface area contributed by atoms with Gasteiger partial charge in [0.05, 0.1) is 56.9 Å². The number of carboxylic acids is 3. The lowest BCUT2D eigenvalue weighted by Crippen LogP contribution is -2.50. The van der Waals surface area contributed by atoms with Gasteiger partial charge in [-0.25, -0.2) is 8.78 Å². The highest BCUT2D eigenvalue weighted by molar-refractivity contribution is 6.07. The van der Waals surface area contributed by atoms with Gasteiger partial charge in [0.1, 0.15) is 12.4 Å². The number of carbonyl (C=O) groups excluding carboxylic acids is 3. The maximum atomic E-state index is 13.8. The van der Waals surface area contributed by atoms with Crippen LogP contribution in [0.4, 0.5) is 8.78 Å². The zero-order valence-electron chi connectivity index (χ0n) is 33.9. The van der Waals surface area contributed by atoms with Crippen LogP contribution in [-0.2, 0) is 24.0 Å². The van der Waals surface area contributed by atoms with Gasteiger partial charge in [0.25, 0.3) is 11.8 Å². The Morgan fingerprint density at radius 3 is 1.77 bits per heavy atom. The van der Waals surface area contributed by atoms with E-state index in [2.05, 4.69) is 15.6 Å². The summed E-state index contributed by atoms with van der Waals surface area (Å²) in [5.74, 6) is -6.96. The van der Waals surface area contributed by atoms with Gasteiger partial charge in [0, 0.05) is 76.4 Å². The van der Waals surface area contributed by atoms with E-state index in [1.165, 1.54) is 12.3 Å². The molecule has 2 fully saturated rings. The average Bonchev–Trinajstić information content (AvgIpc) is 3.49. The highest BCUT2D eigenvalue weighted by Crippen LogP contribution is 2.32. The molecule has 18 nitrogen and oxygen atoms in total. The lowest BCUT2D eigenvalue weighted by molar-refractivity contribution is -0.140. The number of likely N-dealkylation sites (tertiary alicyclic amines) is 1. The predicted molar refractivity (Wildman–Crippen MR) is 217 cm³/mol. The quantitative estimate of drug-likeness (QED) is 0.126. The molecule has 0 radical (unpaired) electrons. The Kier molecular flexibility index (Phi) is 16.4. The molecule has 1 aromatic heterocycles. The van der Waals surface area contributed by atoms with E-state index in [9.17, 15) is 52.9 Å². The van der Waals surface area contributed by atoms with Gasteiger partial charge in [-0.05, 0) is 48.4 Å². The van der Waals surface area contributed by atoms with Gasteiger partial charge in [-0.3, -0.25) is 53.4 Å². The first-order valence-electron chi connectivity index (χ1n) is 19.9. The van der Waals surface area contributed by atoms with E-state index in [0.717, 1.165) is 16.0 Å². The van der Waals surface area contributed by atoms with Crippen LogP contribution >= 0.6 is 0 Å². The second-order valence-electron chi connectivity index (χ2n) is 15.2. The standard InChI is InChI=1S/C41H52F2N8O10/c1-28-21-41(42,43)27-51(28)36(53)22-46-40(60)32-8-9-44-34-7-4-30(20-33(32)34)29-2-5-31(6-3-29)61-19-10-45-35(52)23-47-11-13-48(24-37(54)55)15-17-50(26-39(58)59)18-16-49(14-12-47)25-38(56)57/h2-9,20,28H,10-19,21-27H2,1H3,(H,45,52)(H,46,60)(H,54,55)(H,56,57)(H,58,59). The van der Waals surface area contributed by atoms with Crippen molar-refractivity contribution in [2.24, 2.45) is 0 Å². The van der Waals surface area contributed by atoms with Crippen LogP contribution in [0.25, 0.3) is 22.0 Å². The summed E-state index contributed by atoms with van der Waals surface area (Å²) in [5.41, 5.74) is 2.41. The second-order valence-corrected chi connectivity index (χ2v) is 15.2. The van der Waals surface area contributed by atoms with Crippen LogP contribution in [0.2, 0.25) is 0 Å². The van der Waals surface area contributed by atoms with Crippen molar-refractivity contribution in [2.75, 3.05) is 105 Å². The summed E-state index contributed by atoms with van der Waals surface area (Å²) in [5, 5.41) is 34.2. The number of alkyl halides is 2. The second kappa shape index (κ2) is 21.6. The zero-order chi connectivity index (χ0) is 44.1. The maximum absolute atomic E-state index is 13.8. The van der Waals surface area contributed by atoms with Gasteiger partial charge in [-0.2, -0.15) is 0 Å². The molecule has 5 N–H and O–H groups in total. The minimum absolute atomic E-state index is 0.0240. The molecular formula is C41H52F2N8O10. The van der Waals surface area contributed by atoms with Gasteiger partial charge in [-0.15, -0.1) is 0 Å². The van der Waals surface area contributed by atoms with Crippen molar-refractivity contribution in [3.05, 3.63) is 60.3 Å². The highest BCUT2D eigenvalue weighted by atomic mass is 19.3. The van der Waals surface area contributed by atoms with Gasteiger partial charge in [-0.1, -0.05) is 18.2 Å². The van der Waals surface area contributed by atoms with E-state index in [1.807, 2.05) is 23.1 Å². The third-order valence-electron chi connectivity index (χ3n) is 10.5. The molecule has 1 atom stereocenters. The number of carbonyl (C=O) groups is 6. The van der Waals surface area contributed by atoms with E-state index >= 15 is 0 Å². The number of halogens is 2. The summed E-state index contributed by atoms with van der Waals surface area (Å²) < 4.78 is 33.5. The number of carboxylic acid groups (broad SMARTS) is 3. The van der Waals surface area contributed by atoms with E-state index in [-0.39, 0.29) is 77.0 Å². The van der Waals surface area contributed by atoms with Crippen molar-refractivity contribution in [3.8, 4) is 16.9 Å². The number of benzene rings is 2. The monoisotopic (exact) mass is 854 g/mol. The van der Waals surface area contributed by atoms with E-state index < -0.39 is 61.2 Å². The minimum atomic E-state index is -2.96. The molecule has 61 heavy (non-hydrogen) atoms. The highest BCUT2D eigenvalue weighted by Gasteiger charge is 2.44. The fourth-order valence-electron chi connectivity index (χ4n) is 7.37. The first-order chi connectivity index (χ1) is 29.0. The molecular weight excluding hydrogens is 802 g/mol. The molecule has 3 aromatic rings. The molecule has 0 aliphatic carbocycles. The number of fused-ring (bicyclic) bond motifs is 1. The number of aromatic nitrogens is 1. The SMILES string of the molecule is CC1CC(F)(F)CN1C(=O)CNC(=O)c1ccnc2ccc(-c3ccc(OCCNC(=O)CN4CCN(CC(=O)O)CCN(CC(=O)O)CCN(CC(=O)O)CC4)cc3)cc12. The third-order valence-corrected chi connectivity index (χ3v) is 10.5. The number of nitrogens with one attached hydrogen (secondary N) is 2. The van der Waals surface area contributed by atoms with Crippen LogP contribution in [0.1, 0.15) is 23.7 Å². The van der Waals surface area contributed by atoms with Crippen LogP contribution in [0.3, 0.4) is 0 Å². The molecule has 2 aromatic carbocycles. The van der Waals surface area contributed by atoms with Gasteiger partial charge >= 0.3 is 17.9 Å². The first-order valence-corrected chi connectivity index (χ1v) is 19.9. The molecule has 0 bridgehead atoms. The van der Waals surface area contributed by atoms with Gasteiger partial charge < -0.3 is 35.6 Å². The number of hydrogen-bond donors (Lipinski definition) is 5. The fourth-order valence-corrected chi connectivity index (χ4v) is 7.37. The molecule has 2 saturated heterocycles. The number of rotatable bonds is 16. The zero-order valence-corrected chi connectivity index (χ0v) is 33.9. The van der Waals surface area contributed by atoms with Crippen LogP contribution in [0.5, 0.6) is 5.75 Å². The summed E-state index contributed by atoms with van der Waals surface area (Å²) in [4.78, 5) is 85.7. The number of ether oxygens (including phenoxy) is 1. The lowest BCUT2D eigenvalue weighted by atomic mass is 10.0. The average molecular weight is 855 g/mol. The van der Waals surface area contributed by atoms with Gasteiger partial charge in [0.2, 0.25) is 11.8 Å². The topological polar surface area (TPSA) is 225 Å². The van der Waals surface area contributed by atoms with E-state index in [1.54, 1.807) is 45.9 Å². The summed E-state index contributed by atoms with van der Waals surface area (Å²) >= 11 is 0. The van der Waals surface area contributed by atoms with Crippen molar-refractivity contribution < 1.29 is 57.6 Å².